The molecular weight excluding hydrogens is 422 g/mol. The summed E-state index contributed by atoms with van der Waals surface area (Å²) in [7, 11) is 1.34. The zero-order valence-corrected chi connectivity index (χ0v) is 16.4. The summed E-state index contributed by atoms with van der Waals surface area (Å²) in [5.74, 6) is -1.75. The number of benzene rings is 2. The van der Waals surface area contributed by atoms with Gasteiger partial charge in [0.15, 0.2) is 0 Å². The van der Waals surface area contributed by atoms with E-state index < -0.39 is 35.9 Å². The number of nitrogens with one attached hydrogen (secondary N) is 1. The van der Waals surface area contributed by atoms with Crippen molar-refractivity contribution in [1.29, 1.82) is 0 Å². The van der Waals surface area contributed by atoms with Crippen LogP contribution < -0.4 is 5.32 Å². The summed E-state index contributed by atoms with van der Waals surface area (Å²) < 4.78 is 52.1. The number of hydrogen-bond donors (Lipinski definition) is 1. The van der Waals surface area contributed by atoms with Crippen LogP contribution in [0.25, 0.3) is 10.6 Å². The second kappa shape index (κ2) is 8.62. The maximum atomic E-state index is 13.0. The van der Waals surface area contributed by atoms with E-state index in [1.807, 2.05) is 0 Å². The molecule has 5 nitrogen and oxygen atoms in total. The number of anilines is 1. The lowest BCUT2D eigenvalue weighted by atomic mass is 10.1. The fourth-order valence-corrected chi connectivity index (χ4v) is 3.41. The number of likely N-dealkylation sites (N-methyl/N-ethyl adjacent to an activating group) is 1. The summed E-state index contributed by atoms with van der Waals surface area (Å²) >= 11 is 1.17. The Labute approximate surface area is 173 Å². The van der Waals surface area contributed by atoms with Gasteiger partial charge in [0.2, 0.25) is 5.91 Å². The van der Waals surface area contributed by atoms with Crippen molar-refractivity contribution < 1.29 is 27.2 Å². The van der Waals surface area contributed by atoms with Crippen LogP contribution in [-0.2, 0) is 11.0 Å². The molecule has 3 aromatic rings. The maximum absolute atomic E-state index is 13.0. The third-order valence-electron chi connectivity index (χ3n) is 4.05. The minimum absolute atomic E-state index is 0.0744. The van der Waals surface area contributed by atoms with Crippen LogP contribution in [0.4, 0.5) is 23.2 Å². The summed E-state index contributed by atoms with van der Waals surface area (Å²) in [5.41, 5.74) is -0.659. The van der Waals surface area contributed by atoms with Crippen LogP contribution in [0.15, 0.2) is 53.9 Å². The number of rotatable bonds is 5. The molecule has 1 aromatic heterocycles. The first-order valence-electron chi connectivity index (χ1n) is 8.58. The molecule has 1 heterocycles. The SMILES string of the molecule is CN(CC(=O)Nc1ccccc1C(F)(F)F)C(=O)c1csc(-c2ccc(F)cc2)n1. The first-order chi connectivity index (χ1) is 14.1. The van der Waals surface area contributed by atoms with E-state index in [1.165, 1.54) is 60.2 Å². The molecule has 2 aromatic carbocycles. The predicted octanol–water partition coefficient (Wildman–Crippen LogP) is 4.68. The van der Waals surface area contributed by atoms with Crippen LogP contribution in [0.3, 0.4) is 0 Å². The first kappa shape index (κ1) is 21.4. The van der Waals surface area contributed by atoms with Gasteiger partial charge >= 0.3 is 6.18 Å². The van der Waals surface area contributed by atoms with Crippen molar-refractivity contribution in [3.8, 4) is 10.6 Å². The Balaban J connectivity index is 1.66. The highest BCUT2D eigenvalue weighted by Gasteiger charge is 2.33. The lowest BCUT2D eigenvalue weighted by Gasteiger charge is -2.17. The molecule has 0 saturated heterocycles. The average molecular weight is 437 g/mol. The number of amides is 2. The van der Waals surface area contributed by atoms with Crippen LogP contribution in [0.2, 0.25) is 0 Å². The lowest BCUT2D eigenvalue weighted by Crippen LogP contribution is -2.35. The van der Waals surface area contributed by atoms with Gasteiger partial charge in [-0.05, 0) is 36.4 Å². The summed E-state index contributed by atoms with van der Waals surface area (Å²) in [4.78, 5) is 29.9. The zero-order chi connectivity index (χ0) is 21.9. The largest absolute Gasteiger partial charge is 0.418 e. The van der Waals surface area contributed by atoms with E-state index in [1.54, 1.807) is 0 Å². The van der Waals surface area contributed by atoms with E-state index in [4.69, 9.17) is 0 Å². The number of aromatic nitrogens is 1. The van der Waals surface area contributed by atoms with Crippen LogP contribution in [-0.4, -0.2) is 35.3 Å². The molecule has 3 rings (SSSR count). The van der Waals surface area contributed by atoms with Gasteiger partial charge in [0.25, 0.3) is 5.91 Å². The first-order valence-corrected chi connectivity index (χ1v) is 9.46. The summed E-state index contributed by atoms with van der Waals surface area (Å²) in [5, 5.41) is 4.17. The minimum atomic E-state index is -4.62. The van der Waals surface area contributed by atoms with Crippen LogP contribution in [0, 0.1) is 5.82 Å². The third kappa shape index (κ3) is 5.01. The van der Waals surface area contributed by atoms with E-state index in [2.05, 4.69) is 10.3 Å². The van der Waals surface area contributed by atoms with E-state index in [0.29, 0.717) is 10.6 Å². The van der Waals surface area contributed by atoms with Crippen molar-refractivity contribution in [3.05, 3.63) is 71.0 Å². The second-order valence-electron chi connectivity index (χ2n) is 6.30. The van der Waals surface area contributed by atoms with E-state index in [-0.39, 0.29) is 11.4 Å². The normalized spacial score (nSPS) is 11.2. The quantitative estimate of drug-likeness (QED) is 0.590. The molecule has 2 amide bonds. The van der Waals surface area contributed by atoms with Crippen molar-refractivity contribution in [2.75, 3.05) is 18.9 Å². The fourth-order valence-electron chi connectivity index (χ4n) is 2.61. The number of thiazole rings is 1. The summed E-state index contributed by atoms with van der Waals surface area (Å²) in [6.45, 7) is -0.464. The number of para-hydroxylation sites is 1. The molecular formula is C20H15F4N3O2S. The van der Waals surface area contributed by atoms with Crippen molar-refractivity contribution in [2.45, 2.75) is 6.18 Å². The Kier molecular flexibility index (Phi) is 6.16. The van der Waals surface area contributed by atoms with Gasteiger partial charge in [-0.3, -0.25) is 9.59 Å². The molecule has 1 N–H and O–H groups in total. The van der Waals surface area contributed by atoms with Gasteiger partial charge in [0.05, 0.1) is 17.8 Å². The molecule has 0 radical (unpaired) electrons. The van der Waals surface area contributed by atoms with Gasteiger partial charge < -0.3 is 10.2 Å². The molecule has 0 atom stereocenters. The topological polar surface area (TPSA) is 62.3 Å². The number of halogens is 4. The predicted molar refractivity (Wildman–Crippen MR) is 105 cm³/mol. The molecule has 0 bridgehead atoms. The molecule has 0 spiro atoms. The van der Waals surface area contributed by atoms with E-state index >= 15 is 0 Å². The highest BCUT2D eigenvalue weighted by molar-refractivity contribution is 7.13. The number of alkyl halides is 3. The average Bonchev–Trinajstić information content (AvgIpc) is 3.17. The highest BCUT2D eigenvalue weighted by atomic mass is 32.1. The van der Waals surface area contributed by atoms with E-state index in [9.17, 15) is 27.2 Å². The highest BCUT2D eigenvalue weighted by Crippen LogP contribution is 2.34. The van der Waals surface area contributed by atoms with Gasteiger partial charge in [-0.1, -0.05) is 12.1 Å². The third-order valence-corrected chi connectivity index (χ3v) is 4.94. The Morgan fingerprint density at radius 1 is 1.10 bits per heavy atom. The number of nitrogens with zero attached hydrogens (tertiary/aromatic N) is 2. The minimum Gasteiger partial charge on any atom is -0.331 e. The summed E-state index contributed by atoms with van der Waals surface area (Å²) in [6, 6.07) is 10.2. The molecule has 0 aliphatic carbocycles. The smallest absolute Gasteiger partial charge is 0.331 e. The molecule has 30 heavy (non-hydrogen) atoms. The second-order valence-corrected chi connectivity index (χ2v) is 7.16. The van der Waals surface area contributed by atoms with E-state index in [0.717, 1.165) is 17.0 Å². The van der Waals surface area contributed by atoms with Gasteiger partial charge in [0.1, 0.15) is 16.5 Å². The van der Waals surface area contributed by atoms with Gasteiger partial charge in [0, 0.05) is 18.0 Å². The molecule has 0 aliphatic heterocycles. The molecule has 156 valence electrons. The van der Waals surface area contributed by atoms with Crippen molar-refractivity contribution >= 4 is 28.8 Å². The van der Waals surface area contributed by atoms with Crippen LogP contribution in [0.1, 0.15) is 16.1 Å². The Bertz CT molecular complexity index is 1060. The monoisotopic (exact) mass is 437 g/mol. The van der Waals surface area contributed by atoms with Gasteiger partial charge in [-0.25, -0.2) is 9.37 Å². The Hall–Kier alpha value is -3.27. The zero-order valence-electron chi connectivity index (χ0n) is 15.5. The Morgan fingerprint density at radius 3 is 2.43 bits per heavy atom. The lowest BCUT2D eigenvalue weighted by molar-refractivity contribution is -0.137. The number of carbonyl (C=O) groups excluding carboxylic acids is 2. The van der Waals surface area contributed by atoms with Crippen LogP contribution in [0.5, 0.6) is 0 Å². The molecule has 0 fully saturated rings. The fraction of sp³-hybridized carbons (Fsp3) is 0.150. The molecule has 0 saturated carbocycles. The van der Waals surface area contributed by atoms with Crippen LogP contribution >= 0.6 is 11.3 Å². The van der Waals surface area contributed by atoms with Gasteiger partial charge in [-0.15, -0.1) is 11.3 Å². The number of carbonyl (C=O) groups is 2. The summed E-state index contributed by atoms with van der Waals surface area (Å²) in [6.07, 6.45) is -4.62. The van der Waals surface area contributed by atoms with Crippen molar-refractivity contribution in [2.24, 2.45) is 0 Å². The van der Waals surface area contributed by atoms with Crippen molar-refractivity contribution in [3.63, 3.8) is 0 Å². The molecule has 0 unspecified atom stereocenters. The van der Waals surface area contributed by atoms with Gasteiger partial charge in [-0.2, -0.15) is 13.2 Å². The maximum Gasteiger partial charge on any atom is 0.418 e. The standard InChI is InChI=1S/C20H15F4N3O2S/c1-27(10-17(28)25-15-5-3-2-4-14(15)20(22,23)24)19(29)16-11-30-18(26-16)12-6-8-13(21)9-7-12/h2-9,11H,10H2,1H3,(H,25,28). The molecule has 10 heteroatoms. The molecule has 0 aliphatic rings. The number of hydrogen-bond acceptors (Lipinski definition) is 4. The Morgan fingerprint density at radius 2 is 1.77 bits per heavy atom. The van der Waals surface area contributed by atoms with Crippen molar-refractivity contribution in [1.82, 2.24) is 9.88 Å².